The van der Waals surface area contributed by atoms with Crippen molar-refractivity contribution >= 4 is 30.0 Å². The first kappa shape index (κ1) is 32.1. The van der Waals surface area contributed by atoms with Gasteiger partial charge in [-0.3, -0.25) is 20.4 Å². The molecule has 0 aromatic carbocycles. The molecule has 0 aliphatic carbocycles. The zero-order valence-electron chi connectivity index (χ0n) is 23.1. The van der Waals surface area contributed by atoms with E-state index in [1.807, 2.05) is 0 Å². The zero-order valence-corrected chi connectivity index (χ0v) is 23.1. The van der Waals surface area contributed by atoms with Gasteiger partial charge in [0.15, 0.2) is 5.78 Å². The second-order valence-corrected chi connectivity index (χ2v) is 11.4. The smallest absolute Gasteiger partial charge is 0.414 e. The number of carbonyl (C=O) groups excluding carboxylic acids is 4. The lowest BCUT2D eigenvalue weighted by Crippen LogP contribution is -2.47. The molecule has 11 heteroatoms. The fourth-order valence-corrected chi connectivity index (χ4v) is 2.53. The van der Waals surface area contributed by atoms with Crippen molar-refractivity contribution in [2.75, 3.05) is 6.54 Å². The highest BCUT2D eigenvalue weighted by Crippen LogP contribution is 2.11. The van der Waals surface area contributed by atoms with E-state index < -0.39 is 41.1 Å². The molecule has 0 fully saturated rings. The predicted molar refractivity (Wildman–Crippen MR) is 133 cm³/mol. The number of hydrogen-bond acceptors (Lipinski definition) is 8. The summed E-state index contributed by atoms with van der Waals surface area (Å²) in [5.41, 5.74) is -2.20. The molecule has 0 rings (SSSR count). The normalized spacial score (nSPS) is 12.8. The van der Waals surface area contributed by atoms with Crippen LogP contribution in [0.15, 0.2) is 4.99 Å². The van der Waals surface area contributed by atoms with Gasteiger partial charge in [0.1, 0.15) is 16.8 Å². The molecule has 1 atom stereocenters. The van der Waals surface area contributed by atoms with Crippen molar-refractivity contribution in [2.24, 2.45) is 10.9 Å². The predicted octanol–water partition coefficient (Wildman–Crippen LogP) is 4.29. The Bertz CT molecular complexity index is 740. The summed E-state index contributed by atoms with van der Waals surface area (Å²) in [7, 11) is 0. The van der Waals surface area contributed by atoms with Crippen LogP contribution >= 0.6 is 0 Å². The first-order chi connectivity index (χ1) is 15.7. The van der Waals surface area contributed by atoms with Crippen LogP contribution < -0.4 is 16.0 Å². The molecule has 3 N–H and O–H groups in total. The van der Waals surface area contributed by atoms with E-state index >= 15 is 0 Å². The van der Waals surface area contributed by atoms with E-state index in [0.717, 1.165) is 0 Å². The first-order valence-corrected chi connectivity index (χ1v) is 11.8. The fourth-order valence-electron chi connectivity index (χ4n) is 2.53. The summed E-state index contributed by atoms with van der Waals surface area (Å²) in [6.45, 7) is 19.0. The van der Waals surface area contributed by atoms with Gasteiger partial charge in [0.05, 0.1) is 6.04 Å². The van der Waals surface area contributed by atoms with E-state index in [-0.39, 0.29) is 30.6 Å². The third-order valence-corrected chi connectivity index (χ3v) is 3.76. The maximum Gasteiger partial charge on any atom is 0.414 e. The molecular formula is C24H44N4O7. The minimum Gasteiger partial charge on any atom is -0.444 e. The number of ether oxygens (including phenoxy) is 3. The molecule has 0 radical (unpaired) electrons. The monoisotopic (exact) mass is 500 g/mol. The average molecular weight is 501 g/mol. The van der Waals surface area contributed by atoms with Gasteiger partial charge in [-0.25, -0.2) is 14.4 Å². The minimum atomic E-state index is -0.799. The van der Waals surface area contributed by atoms with Gasteiger partial charge < -0.3 is 19.5 Å². The molecule has 202 valence electrons. The van der Waals surface area contributed by atoms with Gasteiger partial charge in [-0.05, 0) is 75.2 Å². The SMILES string of the molecule is CC(C)C(=O)C(CCCN=C(NC(=O)OC(C)(C)C)NC(=O)OC(C)(C)C)NC(=O)OC(C)(C)C. The standard InChI is InChI=1S/C24H44N4O7/c1-15(2)17(29)16(26-19(30)33-22(3,4)5)13-12-14-25-18(27-20(31)34-23(6,7)8)28-21(32)35-24(9,10)11/h15-16H,12-14H2,1-11H3,(H,26,30)(H2,25,27,28,31,32). The van der Waals surface area contributed by atoms with Crippen LogP contribution in [0.2, 0.25) is 0 Å². The molecule has 11 nitrogen and oxygen atoms in total. The summed E-state index contributed by atoms with van der Waals surface area (Å²) in [5, 5.41) is 7.42. The van der Waals surface area contributed by atoms with Crippen LogP contribution in [0.1, 0.15) is 89.0 Å². The van der Waals surface area contributed by atoms with Gasteiger partial charge in [0.25, 0.3) is 0 Å². The van der Waals surface area contributed by atoms with Crippen molar-refractivity contribution in [1.29, 1.82) is 0 Å². The minimum absolute atomic E-state index is 0.138. The van der Waals surface area contributed by atoms with Gasteiger partial charge in [0.2, 0.25) is 5.96 Å². The number of amides is 3. The van der Waals surface area contributed by atoms with Crippen LogP contribution in [0.3, 0.4) is 0 Å². The number of nitrogens with zero attached hydrogens (tertiary/aromatic N) is 1. The van der Waals surface area contributed by atoms with Crippen molar-refractivity contribution in [2.45, 2.75) is 112 Å². The summed E-state index contributed by atoms with van der Waals surface area (Å²) >= 11 is 0. The Hall–Kier alpha value is -2.85. The number of hydrogen-bond donors (Lipinski definition) is 3. The van der Waals surface area contributed by atoms with E-state index in [0.29, 0.717) is 6.42 Å². The second-order valence-electron chi connectivity index (χ2n) is 11.4. The fraction of sp³-hybridized carbons (Fsp3) is 0.792. The Labute approximate surface area is 209 Å². The number of alkyl carbamates (subject to hydrolysis) is 3. The summed E-state index contributed by atoms with van der Waals surface area (Å²) in [6.07, 6.45) is -1.63. The molecular weight excluding hydrogens is 456 g/mol. The molecule has 35 heavy (non-hydrogen) atoms. The number of guanidine groups is 1. The summed E-state index contributed by atoms with van der Waals surface area (Å²) < 4.78 is 15.7. The van der Waals surface area contributed by atoms with Gasteiger partial charge in [-0.15, -0.1) is 0 Å². The quantitative estimate of drug-likeness (QED) is 0.205. The van der Waals surface area contributed by atoms with Gasteiger partial charge in [-0.2, -0.15) is 0 Å². The highest BCUT2D eigenvalue weighted by Gasteiger charge is 2.26. The lowest BCUT2D eigenvalue weighted by atomic mass is 9.98. The third kappa shape index (κ3) is 17.3. The Morgan fingerprint density at radius 3 is 1.49 bits per heavy atom. The highest BCUT2D eigenvalue weighted by atomic mass is 16.6. The van der Waals surface area contributed by atoms with Crippen LogP contribution in [0.5, 0.6) is 0 Å². The van der Waals surface area contributed by atoms with E-state index in [1.54, 1.807) is 76.2 Å². The second kappa shape index (κ2) is 13.3. The van der Waals surface area contributed by atoms with Gasteiger partial charge >= 0.3 is 18.3 Å². The van der Waals surface area contributed by atoms with Crippen molar-refractivity contribution in [3.8, 4) is 0 Å². The molecule has 0 saturated heterocycles. The van der Waals surface area contributed by atoms with E-state index in [4.69, 9.17) is 14.2 Å². The number of ketones is 1. The van der Waals surface area contributed by atoms with Crippen LogP contribution in [0.4, 0.5) is 14.4 Å². The van der Waals surface area contributed by atoms with Crippen molar-refractivity contribution < 1.29 is 33.4 Å². The summed E-state index contributed by atoms with van der Waals surface area (Å²) in [5.74, 6) is -0.587. The zero-order chi connectivity index (χ0) is 27.6. The molecule has 0 aliphatic heterocycles. The summed E-state index contributed by atoms with van der Waals surface area (Å²) in [6, 6.07) is -0.763. The molecule has 0 aliphatic rings. The van der Waals surface area contributed by atoms with Gasteiger partial charge in [-0.1, -0.05) is 13.8 Å². The van der Waals surface area contributed by atoms with E-state index in [9.17, 15) is 19.2 Å². The Morgan fingerprint density at radius 1 is 0.714 bits per heavy atom. The molecule has 1 unspecified atom stereocenters. The first-order valence-electron chi connectivity index (χ1n) is 11.8. The largest absolute Gasteiger partial charge is 0.444 e. The number of nitrogens with one attached hydrogen (secondary N) is 3. The Kier molecular flexibility index (Phi) is 12.2. The van der Waals surface area contributed by atoms with Gasteiger partial charge in [0, 0.05) is 12.5 Å². The molecule has 0 saturated carbocycles. The van der Waals surface area contributed by atoms with E-state index in [2.05, 4.69) is 20.9 Å². The van der Waals surface area contributed by atoms with Crippen LogP contribution in [-0.2, 0) is 19.0 Å². The lowest BCUT2D eigenvalue weighted by Gasteiger charge is -2.24. The van der Waals surface area contributed by atoms with Crippen LogP contribution in [0, 0.1) is 5.92 Å². The molecule has 3 amide bonds. The van der Waals surface area contributed by atoms with Crippen LogP contribution in [0.25, 0.3) is 0 Å². The lowest BCUT2D eigenvalue weighted by molar-refractivity contribution is -0.124. The number of Topliss-reactive ketones (excluding diaryl/α,β-unsaturated/α-hetero) is 1. The highest BCUT2D eigenvalue weighted by molar-refractivity contribution is 6.01. The molecule has 0 bridgehead atoms. The average Bonchev–Trinajstić information content (AvgIpc) is 2.58. The number of rotatable bonds is 7. The maximum atomic E-state index is 12.6. The van der Waals surface area contributed by atoms with E-state index in [1.165, 1.54) is 0 Å². The van der Waals surface area contributed by atoms with Crippen molar-refractivity contribution in [3.63, 3.8) is 0 Å². The molecule has 0 spiro atoms. The molecule has 0 heterocycles. The van der Waals surface area contributed by atoms with Crippen molar-refractivity contribution in [1.82, 2.24) is 16.0 Å². The number of carbonyl (C=O) groups is 4. The Morgan fingerprint density at radius 2 is 1.11 bits per heavy atom. The third-order valence-electron chi connectivity index (χ3n) is 3.76. The topological polar surface area (TPSA) is 144 Å². The Balaban J connectivity index is 5.32. The van der Waals surface area contributed by atoms with Crippen LogP contribution in [-0.4, -0.2) is 59.4 Å². The number of aliphatic imine (C=N–C) groups is 1. The summed E-state index contributed by atoms with van der Waals surface area (Å²) in [4.78, 5) is 53.3. The van der Waals surface area contributed by atoms with Crippen molar-refractivity contribution in [3.05, 3.63) is 0 Å². The molecule has 0 aromatic rings. The maximum absolute atomic E-state index is 12.6. The molecule has 0 aromatic heterocycles.